The Morgan fingerprint density at radius 3 is 1.56 bits per heavy atom. The molecule has 5 heterocycles. The van der Waals surface area contributed by atoms with E-state index < -0.39 is 0 Å². The van der Waals surface area contributed by atoms with E-state index in [0.29, 0.717) is 11.8 Å². The van der Waals surface area contributed by atoms with Gasteiger partial charge in [-0.25, -0.2) is 9.98 Å². The maximum absolute atomic E-state index is 5.34. The summed E-state index contributed by atoms with van der Waals surface area (Å²) in [5, 5.41) is 3.99. The van der Waals surface area contributed by atoms with Crippen molar-refractivity contribution in [3.8, 4) is 0 Å². The Hall–Kier alpha value is -3.98. The molecule has 2 atom stereocenters. The topological polar surface area (TPSA) is 36.8 Å². The van der Waals surface area contributed by atoms with Crippen LogP contribution >= 0.6 is 0 Å². The molecular weight excluding hydrogens is 546 g/mol. The van der Waals surface area contributed by atoms with Gasteiger partial charge in [0.25, 0.3) is 0 Å². The molecule has 0 radical (unpaired) electrons. The van der Waals surface area contributed by atoms with E-state index >= 15 is 0 Å². The molecule has 232 valence electrons. The molecular formula is C42H49N3. The molecule has 3 heteroatoms. The molecule has 2 unspecified atom stereocenters. The Balaban J connectivity index is 1.60. The van der Waals surface area contributed by atoms with E-state index in [1.165, 1.54) is 72.2 Å². The zero-order valence-electron chi connectivity index (χ0n) is 27.7. The average molecular weight is 596 g/mol. The van der Waals surface area contributed by atoms with Crippen LogP contribution in [0.4, 0.5) is 0 Å². The molecule has 1 N–H and O–H groups in total. The van der Waals surface area contributed by atoms with E-state index in [4.69, 9.17) is 9.98 Å². The van der Waals surface area contributed by atoms with Crippen molar-refractivity contribution in [1.82, 2.24) is 5.32 Å². The molecule has 3 nitrogen and oxygen atoms in total. The summed E-state index contributed by atoms with van der Waals surface area (Å²) in [6.45, 7) is 9.08. The van der Waals surface area contributed by atoms with Crippen molar-refractivity contribution in [2.24, 2.45) is 21.8 Å². The van der Waals surface area contributed by atoms with E-state index in [9.17, 15) is 0 Å². The highest BCUT2D eigenvalue weighted by Crippen LogP contribution is 2.37. The van der Waals surface area contributed by atoms with Gasteiger partial charge in [-0.1, -0.05) is 81.3 Å². The van der Waals surface area contributed by atoms with Crippen LogP contribution in [-0.4, -0.2) is 11.4 Å². The van der Waals surface area contributed by atoms with Gasteiger partial charge in [0.1, 0.15) is 0 Å². The largest absolute Gasteiger partial charge is 0.362 e. The van der Waals surface area contributed by atoms with Crippen molar-refractivity contribution >= 4 is 23.6 Å². The number of aliphatic imine (C=N–C) groups is 2. The molecule has 6 aliphatic rings. The number of nitrogens with one attached hydrogen (secondary N) is 1. The van der Waals surface area contributed by atoms with Gasteiger partial charge >= 0.3 is 0 Å². The number of nitrogens with zero attached hydrogens (tertiary/aromatic N) is 2. The van der Waals surface area contributed by atoms with E-state index in [-0.39, 0.29) is 0 Å². The molecule has 0 amide bonds. The van der Waals surface area contributed by atoms with Crippen molar-refractivity contribution in [1.29, 1.82) is 0 Å². The Bertz CT molecular complexity index is 1550. The first kappa shape index (κ1) is 31.0. The van der Waals surface area contributed by atoms with Gasteiger partial charge in [-0.15, -0.1) is 0 Å². The first-order valence-electron chi connectivity index (χ1n) is 17.3. The predicted molar refractivity (Wildman–Crippen MR) is 193 cm³/mol. The molecule has 0 aromatic heterocycles. The van der Waals surface area contributed by atoms with Crippen molar-refractivity contribution in [3.05, 3.63) is 129 Å². The van der Waals surface area contributed by atoms with Crippen LogP contribution in [0.15, 0.2) is 128 Å². The SMILES string of the molecule is CCCCC1=C(C)C2=Cc3cccccccc(c3)C=C3N=C(C=C4CC5C=CC(CC5)CC(=CC1=N2)N4)C(CCCC)=C3C. The second-order valence-electron chi connectivity index (χ2n) is 13.3. The van der Waals surface area contributed by atoms with Crippen LogP contribution in [-0.2, 0) is 0 Å². The Morgan fingerprint density at radius 2 is 1.11 bits per heavy atom. The quantitative estimate of drug-likeness (QED) is 0.326. The normalized spacial score (nSPS) is 22.2. The molecule has 1 aromatic carbocycles. The fourth-order valence-corrected chi connectivity index (χ4v) is 7.09. The lowest BCUT2D eigenvalue weighted by molar-refractivity contribution is 0.460. The molecule has 0 spiro atoms. The summed E-state index contributed by atoms with van der Waals surface area (Å²) < 4.78 is 0. The standard InChI is InChI=1S/C42H49N3/c1-5-7-16-37-29(3)39-25-33-14-12-10-9-11-13-15-34(22-33)26-40-30(4)38(17-8-6-2)42(45-40)28-36-24-32-20-18-31(19-21-32)23-35(43-36)27-41(37)44-39/h9-15,18,20,22,25-28,31-32,43H,5-8,16-17,19,21,23-24H2,1-4H3. The van der Waals surface area contributed by atoms with Gasteiger partial charge in [-0.2, -0.15) is 0 Å². The van der Waals surface area contributed by atoms with Gasteiger partial charge in [0.05, 0.1) is 22.8 Å². The molecule has 1 aliphatic carbocycles. The third-order valence-electron chi connectivity index (χ3n) is 9.77. The zero-order chi connectivity index (χ0) is 31.2. The molecule has 1 aromatic rings. The third-order valence-corrected chi connectivity index (χ3v) is 9.77. The summed E-state index contributed by atoms with van der Waals surface area (Å²) in [6, 6.07) is 17.2. The summed E-state index contributed by atoms with van der Waals surface area (Å²) >= 11 is 0. The average Bonchev–Trinajstić information content (AvgIpc) is 3.52. The van der Waals surface area contributed by atoms with Crippen molar-refractivity contribution in [2.75, 3.05) is 0 Å². The lowest BCUT2D eigenvalue weighted by Crippen LogP contribution is -2.18. The van der Waals surface area contributed by atoms with Gasteiger partial charge in [0, 0.05) is 11.4 Å². The number of fused-ring (bicyclic) bond motifs is 5. The number of rotatable bonds is 6. The summed E-state index contributed by atoms with van der Waals surface area (Å²) in [5.74, 6) is 1.13. The molecule has 5 aliphatic heterocycles. The molecule has 45 heavy (non-hydrogen) atoms. The molecule has 10 bridgehead atoms. The smallest absolute Gasteiger partial charge is 0.0689 e. The lowest BCUT2D eigenvalue weighted by Gasteiger charge is -2.20. The first-order valence-corrected chi connectivity index (χ1v) is 17.3. The lowest BCUT2D eigenvalue weighted by atomic mass is 9.85. The monoisotopic (exact) mass is 595 g/mol. The molecule has 1 saturated heterocycles. The van der Waals surface area contributed by atoms with Crippen molar-refractivity contribution < 1.29 is 0 Å². The molecule has 7 rings (SSSR count). The van der Waals surface area contributed by atoms with Crippen LogP contribution in [0, 0.1) is 11.8 Å². The van der Waals surface area contributed by atoms with Gasteiger partial charge < -0.3 is 5.32 Å². The summed E-state index contributed by atoms with van der Waals surface area (Å²) in [7, 11) is 0. The summed E-state index contributed by atoms with van der Waals surface area (Å²) in [6.07, 6.45) is 25.5. The third kappa shape index (κ3) is 7.47. The minimum absolute atomic E-state index is 0.567. The predicted octanol–water partition coefficient (Wildman–Crippen LogP) is 11.2. The van der Waals surface area contributed by atoms with E-state index in [2.05, 4.69) is 118 Å². The highest BCUT2D eigenvalue weighted by Gasteiger charge is 2.26. The van der Waals surface area contributed by atoms with Gasteiger partial charge in [0.2, 0.25) is 0 Å². The number of allylic oxidation sites excluding steroid dienone is 10. The highest BCUT2D eigenvalue weighted by atomic mass is 14.9. The molecule has 1 fully saturated rings. The zero-order valence-corrected chi connectivity index (χ0v) is 27.7. The van der Waals surface area contributed by atoms with Crippen LogP contribution in [0.3, 0.4) is 0 Å². The van der Waals surface area contributed by atoms with Crippen LogP contribution in [0.5, 0.6) is 0 Å². The van der Waals surface area contributed by atoms with E-state index in [1.54, 1.807) is 0 Å². The Kier molecular flexibility index (Phi) is 9.94. The highest BCUT2D eigenvalue weighted by molar-refractivity contribution is 6.14. The second kappa shape index (κ2) is 14.4. The van der Waals surface area contributed by atoms with Gasteiger partial charge in [0.15, 0.2) is 0 Å². The second-order valence-corrected chi connectivity index (χ2v) is 13.3. The van der Waals surface area contributed by atoms with E-state index in [0.717, 1.165) is 59.6 Å². The number of hydrogen-bond acceptors (Lipinski definition) is 3. The minimum Gasteiger partial charge on any atom is -0.362 e. The van der Waals surface area contributed by atoms with Gasteiger partial charge in [-0.3, -0.25) is 0 Å². The molecule has 0 saturated carbocycles. The van der Waals surface area contributed by atoms with Crippen LogP contribution in [0.1, 0.15) is 103 Å². The fourth-order valence-electron chi connectivity index (χ4n) is 7.09. The van der Waals surface area contributed by atoms with E-state index in [1.807, 2.05) is 0 Å². The Morgan fingerprint density at radius 1 is 0.644 bits per heavy atom. The van der Waals surface area contributed by atoms with Crippen molar-refractivity contribution in [3.63, 3.8) is 0 Å². The minimum atomic E-state index is 0.567. The number of unbranched alkanes of at least 4 members (excludes halogenated alkanes) is 2. The maximum atomic E-state index is 5.34. The van der Waals surface area contributed by atoms with Crippen LogP contribution < -0.4 is 5.32 Å². The van der Waals surface area contributed by atoms with Gasteiger partial charge in [-0.05, 0) is 141 Å². The summed E-state index contributed by atoms with van der Waals surface area (Å²) in [5.41, 5.74) is 14.6. The fraction of sp³-hybridized carbons (Fsp3) is 0.381. The maximum Gasteiger partial charge on any atom is 0.0689 e. The van der Waals surface area contributed by atoms with Crippen LogP contribution in [0.2, 0.25) is 0 Å². The first-order chi connectivity index (χ1) is 22.0. The summed E-state index contributed by atoms with van der Waals surface area (Å²) in [4.78, 5) is 10.7. The number of hydrogen-bond donors (Lipinski definition) is 1. The Labute approximate surface area is 271 Å². The van der Waals surface area contributed by atoms with Crippen molar-refractivity contribution in [2.45, 2.75) is 91.9 Å². The van der Waals surface area contributed by atoms with Crippen LogP contribution in [0.25, 0.3) is 12.2 Å².